The first kappa shape index (κ1) is 14.3. The van der Waals surface area contributed by atoms with Crippen LogP contribution in [0, 0.1) is 17.8 Å². The first-order valence-corrected chi connectivity index (χ1v) is 8.70. The molecule has 0 N–H and O–H groups in total. The number of fused-ring (bicyclic) bond motifs is 2. The van der Waals surface area contributed by atoms with Gasteiger partial charge in [-0.3, -0.25) is 9.48 Å². The maximum Gasteiger partial charge on any atom is 0.142 e. The minimum atomic E-state index is 0.325. The molecule has 2 saturated carbocycles. The zero-order valence-corrected chi connectivity index (χ0v) is 13.9. The maximum absolute atomic E-state index is 12.7. The number of aryl methyl sites for hydroxylation is 2. The van der Waals surface area contributed by atoms with Crippen LogP contribution >= 0.6 is 15.9 Å². The van der Waals surface area contributed by atoms with E-state index in [2.05, 4.69) is 34.9 Å². The van der Waals surface area contributed by atoms with Gasteiger partial charge >= 0.3 is 0 Å². The van der Waals surface area contributed by atoms with Crippen LogP contribution in [0.3, 0.4) is 0 Å². The maximum atomic E-state index is 12.7. The SMILES string of the molecule is CCc1nn(CC)c(CC(=O)C2CC3CCC2C3)c1Br. The molecule has 4 heteroatoms. The predicted octanol–water partition coefficient (Wildman–Crippen LogP) is 3.78. The fraction of sp³-hybridized carbons (Fsp3) is 0.750. The second-order valence-corrected chi connectivity index (χ2v) is 7.09. The predicted molar refractivity (Wildman–Crippen MR) is 82.6 cm³/mol. The molecule has 0 radical (unpaired) electrons. The van der Waals surface area contributed by atoms with Crippen molar-refractivity contribution in [2.45, 2.75) is 58.9 Å². The molecule has 3 rings (SSSR count). The molecular weight excluding hydrogens is 316 g/mol. The fourth-order valence-corrected chi connectivity index (χ4v) is 4.83. The quantitative estimate of drug-likeness (QED) is 0.818. The van der Waals surface area contributed by atoms with E-state index in [4.69, 9.17) is 0 Å². The Morgan fingerprint density at radius 2 is 2.15 bits per heavy atom. The number of nitrogens with zero attached hydrogens (tertiary/aromatic N) is 2. The van der Waals surface area contributed by atoms with E-state index in [1.54, 1.807) is 0 Å². The number of hydrogen-bond acceptors (Lipinski definition) is 2. The van der Waals surface area contributed by atoms with Crippen molar-refractivity contribution in [1.82, 2.24) is 9.78 Å². The first-order valence-electron chi connectivity index (χ1n) is 7.90. The van der Waals surface area contributed by atoms with Crippen molar-refractivity contribution in [3.63, 3.8) is 0 Å². The molecule has 20 heavy (non-hydrogen) atoms. The monoisotopic (exact) mass is 338 g/mol. The number of Topliss-reactive ketones (excluding diaryl/α,β-unsaturated/α-hetero) is 1. The Labute approximate surface area is 129 Å². The van der Waals surface area contributed by atoms with Gasteiger partial charge in [0.2, 0.25) is 0 Å². The van der Waals surface area contributed by atoms with E-state index >= 15 is 0 Å². The molecule has 0 spiro atoms. The van der Waals surface area contributed by atoms with Crippen LogP contribution in [-0.2, 0) is 24.2 Å². The number of ketones is 1. The van der Waals surface area contributed by atoms with Crippen molar-refractivity contribution < 1.29 is 4.79 Å². The topological polar surface area (TPSA) is 34.9 Å². The summed E-state index contributed by atoms with van der Waals surface area (Å²) in [7, 11) is 0. The van der Waals surface area contributed by atoms with Crippen LogP contribution in [-0.4, -0.2) is 15.6 Å². The van der Waals surface area contributed by atoms with E-state index in [1.165, 1.54) is 19.3 Å². The van der Waals surface area contributed by atoms with Gasteiger partial charge in [0.15, 0.2) is 0 Å². The van der Waals surface area contributed by atoms with E-state index in [1.807, 2.05) is 4.68 Å². The number of carbonyl (C=O) groups is 1. The van der Waals surface area contributed by atoms with E-state index in [0.29, 0.717) is 24.0 Å². The van der Waals surface area contributed by atoms with Gasteiger partial charge in [0.05, 0.1) is 15.9 Å². The molecule has 3 nitrogen and oxygen atoms in total. The third-order valence-electron chi connectivity index (χ3n) is 5.19. The van der Waals surface area contributed by atoms with Gasteiger partial charge in [-0.1, -0.05) is 13.3 Å². The fourth-order valence-electron chi connectivity index (χ4n) is 4.12. The molecule has 0 aromatic carbocycles. The lowest BCUT2D eigenvalue weighted by Crippen LogP contribution is -2.23. The van der Waals surface area contributed by atoms with E-state index in [9.17, 15) is 4.79 Å². The summed E-state index contributed by atoms with van der Waals surface area (Å²) in [6.07, 6.45) is 6.52. The molecule has 1 aromatic heterocycles. The lowest BCUT2D eigenvalue weighted by atomic mass is 9.84. The number of rotatable bonds is 5. The molecule has 1 heterocycles. The van der Waals surface area contributed by atoms with Crippen LogP contribution in [0.5, 0.6) is 0 Å². The van der Waals surface area contributed by atoms with E-state index in [0.717, 1.165) is 41.2 Å². The molecule has 3 atom stereocenters. The van der Waals surface area contributed by atoms with Gasteiger partial charge in [-0.05, 0) is 60.4 Å². The van der Waals surface area contributed by atoms with Crippen LogP contribution < -0.4 is 0 Å². The summed E-state index contributed by atoms with van der Waals surface area (Å²) in [5, 5.41) is 4.59. The standard InChI is InChI=1S/C16H23BrN2O/c1-3-13-16(17)14(19(4-2)18-13)9-15(20)12-8-10-5-6-11(12)7-10/h10-12H,3-9H2,1-2H3. The molecule has 3 unspecified atom stereocenters. The Morgan fingerprint density at radius 3 is 2.70 bits per heavy atom. The molecule has 2 aliphatic rings. The molecule has 2 aliphatic carbocycles. The third-order valence-corrected chi connectivity index (χ3v) is 6.10. The summed E-state index contributed by atoms with van der Waals surface area (Å²) in [5.41, 5.74) is 2.15. The highest BCUT2D eigenvalue weighted by Crippen LogP contribution is 2.49. The highest BCUT2D eigenvalue weighted by atomic mass is 79.9. The summed E-state index contributed by atoms with van der Waals surface area (Å²) < 4.78 is 3.05. The normalized spacial score (nSPS) is 28.2. The van der Waals surface area contributed by atoms with E-state index in [-0.39, 0.29) is 0 Å². The average molecular weight is 339 g/mol. The zero-order valence-electron chi connectivity index (χ0n) is 12.4. The minimum Gasteiger partial charge on any atom is -0.299 e. The average Bonchev–Trinajstić information content (AvgIpc) is 3.14. The number of hydrogen-bond donors (Lipinski definition) is 0. The highest BCUT2D eigenvalue weighted by Gasteiger charge is 2.42. The molecule has 2 bridgehead atoms. The van der Waals surface area contributed by atoms with Gasteiger partial charge in [0.1, 0.15) is 5.78 Å². The number of aromatic nitrogens is 2. The second kappa shape index (κ2) is 5.63. The van der Waals surface area contributed by atoms with Crippen LogP contribution in [0.15, 0.2) is 4.47 Å². The Kier molecular flexibility index (Phi) is 4.02. The Bertz CT molecular complexity index is 523. The molecule has 0 aliphatic heterocycles. The Hall–Kier alpha value is -0.640. The number of carbonyl (C=O) groups excluding carboxylic acids is 1. The van der Waals surface area contributed by atoms with Crippen LogP contribution in [0.4, 0.5) is 0 Å². The van der Waals surface area contributed by atoms with Crippen molar-refractivity contribution in [1.29, 1.82) is 0 Å². The molecule has 110 valence electrons. The van der Waals surface area contributed by atoms with Crippen molar-refractivity contribution >= 4 is 21.7 Å². The molecule has 0 saturated heterocycles. The molecular formula is C16H23BrN2O. The summed E-state index contributed by atoms with van der Waals surface area (Å²) in [4.78, 5) is 12.7. The molecule has 2 fully saturated rings. The van der Waals surface area contributed by atoms with Crippen LogP contribution in [0.1, 0.15) is 50.9 Å². The summed E-state index contributed by atoms with van der Waals surface area (Å²) in [6, 6.07) is 0. The van der Waals surface area contributed by atoms with Gasteiger partial charge in [0.25, 0.3) is 0 Å². The molecule has 1 aromatic rings. The van der Waals surface area contributed by atoms with E-state index < -0.39 is 0 Å². The number of halogens is 1. The van der Waals surface area contributed by atoms with Gasteiger partial charge < -0.3 is 0 Å². The summed E-state index contributed by atoms with van der Waals surface area (Å²) >= 11 is 3.65. The largest absolute Gasteiger partial charge is 0.299 e. The van der Waals surface area contributed by atoms with Crippen molar-refractivity contribution in [2.75, 3.05) is 0 Å². The summed E-state index contributed by atoms with van der Waals surface area (Å²) in [6.45, 7) is 5.02. The highest BCUT2D eigenvalue weighted by molar-refractivity contribution is 9.10. The van der Waals surface area contributed by atoms with Gasteiger partial charge in [-0.25, -0.2) is 0 Å². The first-order chi connectivity index (χ1) is 9.63. The summed E-state index contributed by atoms with van der Waals surface area (Å²) in [5.74, 6) is 2.27. The van der Waals surface area contributed by atoms with Gasteiger partial charge in [-0.15, -0.1) is 0 Å². The zero-order chi connectivity index (χ0) is 14.3. The van der Waals surface area contributed by atoms with Crippen molar-refractivity contribution in [3.05, 3.63) is 15.9 Å². The van der Waals surface area contributed by atoms with Gasteiger partial charge in [0, 0.05) is 18.9 Å². The van der Waals surface area contributed by atoms with Crippen LogP contribution in [0.25, 0.3) is 0 Å². The Morgan fingerprint density at radius 1 is 1.35 bits per heavy atom. The lowest BCUT2D eigenvalue weighted by Gasteiger charge is -2.20. The van der Waals surface area contributed by atoms with Crippen molar-refractivity contribution in [3.8, 4) is 0 Å². The van der Waals surface area contributed by atoms with Crippen LogP contribution in [0.2, 0.25) is 0 Å². The minimum absolute atomic E-state index is 0.325. The smallest absolute Gasteiger partial charge is 0.142 e. The Balaban J connectivity index is 1.77. The van der Waals surface area contributed by atoms with Gasteiger partial charge in [-0.2, -0.15) is 5.10 Å². The van der Waals surface area contributed by atoms with Crippen molar-refractivity contribution in [2.24, 2.45) is 17.8 Å². The lowest BCUT2D eigenvalue weighted by molar-refractivity contribution is -0.123. The molecule has 0 amide bonds. The third kappa shape index (κ3) is 2.36. The second-order valence-electron chi connectivity index (χ2n) is 6.30.